The Labute approximate surface area is 166 Å². The molecule has 7 nitrogen and oxygen atoms in total. The Balaban J connectivity index is 1.81. The van der Waals surface area contributed by atoms with Gasteiger partial charge >= 0.3 is 6.03 Å². The number of halogens is 1. The fourth-order valence-electron chi connectivity index (χ4n) is 3.18. The minimum absolute atomic E-state index is 0.219. The van der Waals surface area contributed by atoms with E-state index in [1.807, 2.05) is 12.1 Å². The molecule has 2 aromatic carbocycles. The number of nitrogens with zero attached hydrogens (tertiary/aromatic N) is 2. The summed E-state index contributed by atoms with van der Waals surface area (Å²) in [6.45, 7) is 1.32. The van der Waals surface area contributed by atoms with E-state index in [1.165, 1.54) is 18.2 Å². The van der Waals surface area contributed by atoms with Crippen molar-refractivity contribution in [1.82, 2.24) is 10.2 Å². The second kappa shape index (κ2) is 7.71. The third kappa shape index (κ3) is 3.42. The van der Waals surface area contributed by atoms with Crippen LogP contribution in [0.5, 0.6) is 0 Å². The smallest absolute Gasteiger partial charge is 0.323 e. The number of rotatable bonds is 5. The van der Waals surface area contributed by atoms with E-state index in [1.54, 1.807) is 31.2 Å². The van der Waals surface area contributed by atoms with E-state index in [-0.39, 0.29) is 11.3 Å². The van der Waals surface area contributed by atoms with Gasteiger partial charge in [-0.15, -0.1) is 0 Å². The SMILES string of the molecule is CC[C@@]1(c2ccccc2)NC(=O)N(CC(=O)Nc2cc(Cl)ccc2C#N)C1=O. The molecule has 8 heteroatoms. The first-order chi connectivity index (χ1) is 13.4. The summed E-state index contributed by atoms with van der Waals surface area (Å²) in [6, 6.07) is 14.7. The molecule has 0 aliphatic carbocycles. The number of hydrogen-bond acceptors (Lipinski definition) is 4. The molecule has 0 unspecified atom stereocenters. The Morgan fingerprint density at radius 1 is 1.25 bits per heavy atom. The zero-order chi connectivity index (χ0) is 20.3. The first-order valence-corrected chi connectivity index (χ1v) is 8.98. The van der Waals surface area contributed by atoms with Crippen LogP contribution < -0.4 is 10.6 Å². The number of urea groups is 1. The van der Waals surface area contributed by atoms with Crippen molar-refractivity contribution in [1.29, 1.82) is 5.26 Å². The van der Waals surface area contributed by atoms with E-state index in [9.17, 15) is 14.4 Å². The number of nitriles is 1. The van der Waals surface area contributed by atoms with Gasteiger partial charge in [0.2, 0.25) is 5.91 Å². The predicted octanol–water partition coefficient (Wildman–Crippen LogP) is 3.01. The lowest BCUT2D eigenvalue weighted by Crippen LogP contribution is -2.44. The standard InChI is InChI=1S/C20H17ClN4O3/c1-2-20(14-6-4-3-5-7-14)18(27)25(19(28)24-20)12-17(26)23-16-10-15(21)9-8-13(16)11-22/h3-10H,2,12H2,1H3,(H,23,26)(H,24,28)/t20-/m0/s1. The van der Waals surface area contributed by atoms with Crippen LogP contribution in [0.15, 0.2) is 48.5 Å². The summed E-state index contributed by atoms with van der Waals surface area (Å²) in [7, 11) is 0. The van der Waals surface area contributed by atoms with Crippen molar-refractivity contribution in [3.05, 3.63) is 64.7 Å². The largest absolute Gasteiger partial charge is 0.325 e. The second-order valence-corrected chi connectivity index (χ2v) is 6.73. The molecule has 0 aromatic heterocycles. The number of imide groups is 1. The Morgan fingerprint density at radius 3 is 2.61 bits per heavy atom. The van der Waals surface area contributed by atoms with Crippen LogP contribution in [-0.2, 0) is 15.1 Å². The number of carbonyl (C=O) groups excluding carboxylic acids is 3. The monoisotopic (exact) mass is 396 g/mol. The average molecular weight is 397 g/mol. The van der Waals surface area contributed by atoms with Crippen LogP contribution in [0.4, 0.5) is 10.5 Å². The minimum atomic E-state index is -1.20. The normalized spacial score (nSPS) is 18.5. The Hall–Kier alpha value is -3.37. The van der Waals surface area contributed by atoms with Crippen molar-refractivity contribution < 1.29 is 14.4 Å². The number of nitrogens with one attached hydrogen (secondary N) is 2. The average Bonchev–Trinajstić information content (AvgIpc) is 2.94. The van der Waals surface area contributed by atoms with Gasteiger partial charge < -0.3 is 10.6 Å². The molecule has 3 rings (SSSR count). The molecule has 1 heterocycles. The Morgan fingerprint density at radius 2 is 1.96 bits per heavy atom. The van der Waals surface area contributed by atoms with Crippen LogP contribution >= 0.6 is 11.6 Å². The highest BCUT2D eigenvalue weighted by Crippen LogP contribution is 2.32. The van der Waals surface area contributed by atoms with Gasteiger partial charge in [-0.3, -0.25) is 14.5 Å². The maximum absolute atomic E-state index is 13.0. The van der Waals surface area contributed by atoms with Gasteiger partial charge in [-0.1, -0.05) is 48.9 Å². The van der Waals surface area contributed by atoms with Crippen LogP contribution in [0.1, 0.15) is 24.5 Å². The van der Waals surface area contributed by atoms with Gasteiger partial charge in [0.1, 0.15) is 18.2 Å². The van der Waals surface area contributed by atoms with Crippen molar-refractivity contribution >= 4 is 35.1 Å². The van der Waals surface area contributed by atoms with Crippen molar-refractivity contribution in [2.24, 2.45) is 0 Å². The fraction of sp³-hybridized carbons (Fsp3) is 0.200. The van der Waals surface area contributed by atoms with Gasteiger partial charge in [0.25, 0.3) is 5.91 Å². The van der Waals surface area contributed by atoms with E-state index in [0.717, 1.165) is 4.90 Å². The number of benzene rings is 2. The first kappa shape index (κ1) is 19.4. The molecule has 1 fully saturated rings. The molecule has 0 bridgehead atoms. The highest BCUT2D eigenvalue weighted by atomic mass is 35.5. The minimum Gasteiger partial charge on any atom is -0.323 e. The Kier molecular flexibility index (Phi) is 5.34. The molecular formula is C20H17ClN4O3. The molecule has 4 amide bonds. The lowest BCUT2D eigenvalue weighted by atomic mass is 9.87. The van der Waals surface area contributed by atoms with Crippen LogP contribution in [0, 0.1) is 11.3 Å². The molecule has 1 atom stereocenters. The van der Waals surface area contributed by atoms with Crippen LogP contribution in [0.25, 0.3) is 0 Å². The fourth-order valence-corrected chi connectivity index (χ4v) is 3.35. The van der Waals surface area contributed by atoms with Crippen molar-refractivity contribution in [3.8, 4) is 6.07 Å². The molecule has 1 aliphatic rings. The molecule has 142 valence electrons. The lowest BCUT2D eigenvalue weighted by Gasteiger charge is -2.25. The summed E-state index contributed by atoms with van der Waals surface area (Å²) in [5, 5.41) is 14.7. The van der Waals surface area contributed by atoms with Gasteiger partial charge in [-0.2, -0.15) is 5.26 Å². The number of carbonyl (C=O) groups is 3. The van der Waals surface area contributed by atoms with Crippen molar-refractivity contribution in [3.63, 3.8) is 0 Å². The van der Waals surface area contributed by atoms with Crippen molar-refractivity contribution in [2.75, 3.05) is 11.9 Å². The third-order valence-corrected chi connectivity index (χ3v) is 4.89. The van der Waals surface area contributed by atoms with E-state index in [2.05, 4.69) is 10.6 Å². The zero-order valence-corrected chi connectivity index (χ0v) is 15.8. The molecule has 0 radical (unpaired) electrons. The zero-order valence-electron chi connectivity index (χ0n) is 15.0. The van der Waals surface area contributed by atoms with Gasteiger partial charge in [-0.05, 0) is 30.2 Å². The number of hydrogen-bond donors (Lipinski definition) is 2. The maximum Gasteiger partial charge on any atom is 0.325 e. The molecule has 2 N–H and O–H groups in total. The van der Waals surface area contributed by atoms with Crippen LogP contribution in [0.2, 0.25) is 5.02 Å². The van der Waals surface area contributed by atoms with Gasteiger partial charge in [0.05, 0.1) is 11.3 Å². The van der Waals surface area contributed by atoms with Crippen molar-refractivity contribution in [2.45, 2.75) is 18.9 Å². The Bertz CT molecular complexity index is 987. The number of anilines is 1. The summed E-state index contributed by atoms with van der Waals surface area (Å²) < 4.78 is 0. The molecule has 2 aromatic rings. The predicted molar refractivity (Wildman–Crippen MR) is 103 cm³/mol. The van der Waals surface area contributed by atoms with E-state index < -0.39 is 29.9 Å². The van der Waals surface area contributed by atoms with E-state index in [0.29, 0.717) is 17.0 Å². The highest BCUT2D eigenvalue weighted by molar-refractivity contribution is 6.31. The molecule has 1 saturated heterocycles. The van der Waals surface area contributed by atoms with Crippen LogP contribution in [-0.4, -0.2) is 29.3 Å². The summed E-state index contributed by atoms with van der Waals surface area (Å²) in [6.07, 6.45) is 0.340. The summed E-state index contributed by atoms with van der Waals surface area (Å²) in [5.41, 5.74) is -0.105. The summed E-state index contributed by atoms with van der Waals surface area (Å²) >= 11 is 5.91. The number of amides is 4. The highest BCUT2D eigenvalue weighted by Gasteiger charge is 2.51. The lowest BCUT2D eigenvalue weighted by molar-refractivity contribution is -0.134. The summed E-state index contributed by atoms with van der Waals surface area (Å²) in [5.74, 6) is -1.10. The molecule has 0 spiro atoms. The molecule has 1 aliphatic heterocycles. The van der Waals surface area contributed by atoms with Gasteiger partial charge in [0.15, 0.2) is 0 Å². The molecular weight excluding hydrogens is 380 g/mol. The van der Waals surface area contributed by atoms with Crippen LogP contribution in [0.3, 0.4) is 0 Å². The van der Waals surface area contributed by atoms with E-state index in [4.69, 9.17) is 16.9 Å². The topological polar surface area (TPSA) is 102 Å². The maximum atomic E-state index is 13.0. The van der Waals surface area contributed by atoms with Gasteiger partial charge in [-0.25, -0.2) is 4.79 Å². The first-order valence-electron chi connectivity index (χ1n) is 8.60. The summed E-state index contributed by atoms with van der Waals surface area (Å²) in [4.78, 5) is 38.8. The van der Waals surface area contributed by atoms with Gasteiger partial charge in [0, 0.05) is 5.02 Å². The molecule has 0 saturated carbocycles. The quantitative estimate of drug-likeness (QED) is 0.758. The van der Waals surface area contributed by atoms with E-state index >= 15 is 0 Å². The second-order valence-electron chi connectivity index (χ2n) is 6.30. The third-order valence-electron chi connectivity index (χ3n) is 4.65. The molecule has 28 heavy (non-hydrogen) atoms.